The van der Waals surface area contributed by atoms with Crippen molar-refractivity contribution in [2.45, 2.75) is 44.7 Å². The summed E-state index contributed by atoms with van der Waals surface area (Å²) in [7, 11) is 0. The molecule has 0 aromatic heterocycles. The van der Waals surface area contributed by atoms with Crippen LogP contribution in [0, 0.1) is 5.92 Å². The number of carbonyl (C=O) groups is 1. The zero-order valence-corrected chi connectivity index (χ0v) is 9.38. The Labute approximate surface area is 91.2 Å². The van der Waals surface area contributed by atoms with E-state index in [0.29, 0.717) is 18.0 Å². The van der Waals surface area contributed by atoms with E-state index in [9.17, 15) is 4.79 Å². The van der Waals surface area contributed by atoms with Crippen LogP contribution >= 0.6 is 0 Å². The lowest BCUT2D eigenvalue weighted by atomic mass is 9.93. The average Bonchev–Trinajstić information content (AvgIpc) is 2.16. The number of piperidine rings is 1. The molecule has 0 radical (unpaired) electrons. The van der Waals surface area contributed by atoms with Gasteiger partial charge in [0.25, 0.3) is 0 Å². The van der Waals surface area contributed by atoms with Crippen LogP contribution in [0.2, 0.25) is 0 Å². The highest BCUT2D eigenvalue weighted by Crippen LogP contribution is 2.18. The van der Waals surface area contributed by atoms with E-state index in [4.69, 9.17) is 0 Å². The molecule has 4 heteroatoms. The van der Waals surface area contributed by atoms with Crippen molar-refractivity contribution in [2.24, 2.45) is 5.92 Å². The predicted octanol–water partition coefficient (Wildman–Crippen LogP) is 0.836. The maximum absolute atomic E-state index is 11.6. The molecule has 86 valence electrons. The minimum absolute atomic E-state index is 0.0263. The largest absolute Gasteiger partial charge is 0.335 e. The molecule has 0 spiro atoms. The number of hydrogen-bond acceptors (Lipinski definition) is 2. The van der Waals surface area contributed by atoms with Gasteiger partial charge in [0.2, 0.25) is 0 Å². The fourth-order valence-electron chi connectivity index (χ4n) is 2.18. The summed E-state index contributed by atoms with van der Waals surface area (Å²) in [6, 6.07) is 0.798. The molecule has 1 aliphatic heterocycles. The van der Waals surface area contributed by atoms with Crippen LogP contribution in [0.5, 0.6) is 0 Å². The SMILES string of the molecule is CC1CNCCC1NC(=O)NC1CCC1. The van der Waals surface area contributed by atoms with E-state index in [0.717, 1.165) is 32.4 Å². The third-order valence-corrected chi connectivity index (χ3v) is 3.54. The lowest BCUT2D eigenvalue weighted by molar-refractivity contribution is 0.213. The van der Waals surface area contributed by atoms with Crippen LogP contribution in [0.15, 0.2) is 0 Å². The number of nitrogens with one attached hydrogen (secondary N) is 3. The number of rotatable bonds is 2. The van der Waals surface area contributed by atoms with E-state index in [2.05, 4.69) is 22.9 Å². The molecule has 0 bridgehead atoms. The third-order valence-electron chi connectivity index (χ3n) is 3.54. The summed E-state index contributed by atoms with van der Waals surface area (Å²) in [5.41, 5.74) is 0. The maximum atomic E-state index is 11.6. The molecule has 4 nitrogen and oxygen atoms in total. The average molecular weight is 211 g/mol. The molecule has 3 N–H and O–H groups in total. The molecular weight excluding hydrogens is 190 g/mol. The van der Waals surface area contributed by atoms with Crippen molar-refractivity contribution < 1.29 is 4.79 Å². The summed E-state index contributed by atoms with van der Waals surface area (Å²) < 4.78 is 0. The zero-order chi connectivity index (χ0) is 10.7. The molecule has 0 aromatic rings. The smallest absolute Gasteiger partial charge is 0.315 e. The van der Waals surface area contributed by atoms with Crippen LogP contribution in [0.25, 0.3) is 0 Å². The van der Waals surface area contributed by atoms with Crippen molar-refractivity contribution in [3.8, 4) is 0 Å². The van der Waals surface area contributed by atoms with Gasteiger partial charge >= 0.3 is 6.03 Å². The van der Waals surface area contributed by atoms with Gasteiger partial charge < -0.3 is 16.0 Å². The van der Waals surface area contributed by atoms with Crippen LogP contribution < -0.4 is 16.0 Å². The first-order chi connectivity index (χ1) is 7.25. The van der Waals surface area contributed by atoms with Gasteiger partial charge in [-0.1, -0.05) is 6.92 Å². The lowest BCUT2D eigenvalue weighted by Crippen LogP contribution is -2.53. The second-order valence-corrected chi connectivity index (χ2v) is 4.82. The van der Waals surface area contributed by atoms with Gasteiger partial charge in [0, 0.05) is 12.1 Å². The molecule has 1 saturated heterocycles. The summed E-state index contributed by atoms with van der Waals surface area (Å²) >= 11 is 0. The van der Waals surface area contributed by atoms with Crippen LogP contribution in [0.1, 0.15) is 32.6 Å². The Balaban J connectivity index is 1.71. The first kappa shape index (κ1) is 10.7. The molecule has 1 aliphatic carbocycles. The van der Waals surface area contributed by atoms with Crippen LogP contribution in [-0.4, -0.2) is 31.2 Å². The van der Waals surface area contributed by atoms with Gasteiger partial charge in [-0.3, -0.25) is 0 Å². The number of carbonyl (C=O) groups excluding carboxylic acids is 1. The van der Waals surface area contributed by atoms with Gasteiger partial charge in [-0.05, 0) is 44.7 Å². The second kappa shape index (κ2) is 4.84. The standard InChI is InChI=1S/C11H21N3O/c1-8-7-12-6-5-10(8)14-11(15)13-9-3-2-4-9/h8-10,12H,2-7H2,1H3,(H2,13,14,15). The first-order valence-corrected chi connectivity index (χ1v) is 6.03. The first-order valence-electron chi connectivity index (χ1n) is 6.03. The fraction of sp³-hybridized carbons (Fsp3) is 0.909. The van der Waals surface area contributed by atoms with Crippen molar-refractivity contribution >= 4 is 6.03 Å². The minimum Gasteiger partial charge on any atom is -0.335 e. The number of amides is 2. The zero-order valence-electron chi connectivity index (χ0n) is 9.38. The topological polar surface area (TPSA) is 53.2 Å². The van der Waals surface area contributed by atoms with Gasteiger partial charge in [0.1, 0.15) is 0 Å². The highest BCUT2D eigenvalue weighted by molar-refractivity contribution is 5.74. The van der Waals surface area contributed by atoms with Crippen molar-refractivity contribution in [1.82, 2.24) is 16.0 Å². The van der Waals surface area contributed by atoms with Crippen molar-refractivity contribution in [3.63, 3.8) is 0 Å². The number of urea groups is 1. The molecule has 2 amide bonds. The van der Waals surface area contributed by atoms with E-state index in [1.54, 1.807) is 0 Å². The van der Waals surface area contributed by atoms with Gasteiger partial charge in [-0.25, -0.2) is 4.79 Å². The van der Waals surface area contributed by atoms with Gasteiger partial charge in [-0.2, -0.15) is 0 Å². The Morgan fingerprint density at radius 3 is 2.67 bits per heavy atom. The normalized spacial score (nSPS) is 31.8. The Morgan fingerprint density at radius 2 is 2.07 bits per heavy atom. The Hall–Kier alpha value is -0.770. The Bertz CT molecular complexity index is 228. The summed E-state index contributed by atoms with van der Waals surface area (Å²) in [5, 5.41) is 9.42. The maximum Gasteiger partial charge on any atom is 0.315 e. The van der Waals surface area contributed by atoms with Crippen molar-refractivity contribution in [3.05, 3.63) is 0 Å². The molecule has 2 atom stereocenters. The van der Waals surface area contributed by atoms with Crippen LogP contribution in [0.3, 0.4) is 0 Å². The van der Waals surface area contributed by atoms with E-state index >= 15 is 0 Å². The molecular formula is C11H21N3O. The molecule has 1 saturated carbocycles. The highest BCUT2D eigenvalue weighted by atomic mass is 16.2. The van der Waals surface area contributed by atoms with Gasteiger partial charge in [-0.15, -0.1) is 0 Å². The van der Waals surface area contributed by atoms with Crippen LogP contribution in [-0.2, 0) is 0 Å². The summed E-state index contributed by atoms with van der Waals surface area (Å²) in [4.78, 5) is 11.6. The monoisotopic (exact) mass is 211 g/mol. The van der Waals surface area contributed by atoms with Crippen molar-refractivity contribution in [1.29, 1.82) is 0 Å². The van der Waals surface area contributed by atoms with E-state index < -0.39 is 0 Å². The minimum atomic E-state index is 0.0263. The molecule has 2 aliphatic rings. The number of hydrogen-bond donors (Lipinski definition) is 3. The molecule has 2 fully saturated rings. The van der Waals surface area contributed by atoms with Gasteiger partial charge in [0.05, 0.1) is 0 Å². The fourth-order valence-corrected chi connectivity index (χ4v) is 2.18. The molecule has 15 heavy (non-hydrogen) atoms. The Kier molecular flexibility index (Phi) is 3.46. The van der Waals surface area contributed by atoms with Crippen LogP contribution in [0.4, 0.5) is 4.79 Å². The van der Waals surface area contributed by atoms with Crippen molar-refractivity contribution in [2.75, 3.05) is 13.1 Å². The lowest BCUT2D eigenvalue weighted by Gasteiger charge is -2.32. The highest BCUT2D eigenvalue weighted by Gasteiger charge is 2.24. The third kappa shape index (κ3) is 2.84. The molecule has 1 heterocycles. The summed E-state index contributed by atoms with van der Waals surface area (Å²) in [5.74, 6) is 0.533. The summed E-state index contributed by atoms with van der Waals surface area (Å²) in [6.07, 6.45) is 4.60. The van der Waals surface area contributed by atoms with Gasteiger partial charge in [0.15, 0.2) is 0 Å². The van der Waals surface area contributed by atoms with E-state index in [-0.39, 0.29) is 6.03 Å². The predicted molar refractivity (Wildman–Crippen MR) is 59.7 cm³/mol. The van der Waals surface area contributed by atoms with E-state index in [1.807, 2.05) is 0 Å². The molecule has 0 aromatic carbocycles. The van der Waals surface area contributed by atoms with E-state index in [1.165, 1.54) is 6.42 Å². The summed E-state index contributed by atoms with van der Waals surface area (Å²) in [6.45, 7) is 4.20. The molecule has 2 unspecified atom stereocenters. The Morgan fingerprint density at radius 1 is 1.27 bits per heavy atom. The second-order valence-electron chi connectivity index (χ2n) is 4.82. The molecule has 2 rings (SSSR count). The quantitative estimate of drug-likeness (QED) is 0.634.